The maximum absolute atomic E-state index is 13.1. The zero-order chi connectivity index (χ0) is 21.4. The van der Waals surface area contributed by atoms with Crippen LogP contribution in [0.5, 0.6) is 0 Å². The van der Waals surface area contributed by atoms with Crippen LogP contribution in [-0.4, -0.2) is 29.3 Å². The van der Waals surface area contributed by atoms with Gasteiger partial charge in [-0.3, -0.25) is 9.59 Å². The first-order valence-electron chi connectivity index (χ1n) is 9.88. The van der Waals surface area contributed by atoms with E-state index in [1.165, 1.54) is 0 Å². The van der Waals surface area contributed by atoms with Crippen LogP contribution in [0.3, 0.4) is 0 Å². The topological polar surface area (TPSA) is 49.4 Å². The summed E-state index contributed by atoms with van der Waals surface area (Å²) >= 11 is 12.1. The van der Waals surface area contributed by atoms with Crippen molar-refractivity contribution in [2.75, 3.05) is 6.54 Å². The van der Waals surface area contributed by atoms with Gasteiger partial charge in [0.25, 0.3) is 0 Å². The van der Waals surface area contributed by atoms with Crippen LogP contribution in [0, 0.1) is 6.92 Å². The average Bonchev–Trinajstić information content (AvgIpc) is 2.68. The van der Waals surface area contributed by atoms with Gasteiger partial charge in [0.1, 0.15) is 6.04 Å². The maximum atomic E-state index is 13.1. The van der Waals surface area contributed by atoms with Crippen molar-refractivity contribution in [3.63, 3.8) is 0 Å². The SMILES string of the molecule is CCCCNC(=O)[C@H](C)N(Cc1ccc(Cl)c(Cl)c1)C(=O)Cc1cccc(C)c1. The van der Waals surface area contributed by atoms with Crippen molar-refractivity contribution in [1.82, 2.24) is 10.2 Å². The molecule has 0 bridgehead atoms. The van der Waals surface area contributed by atoms with Crippen molar-refractivity contribution in [2.24, 2.45) is 0 Å². The molecule has 0 saturated carbocycles. The van der Waals surface area contributed by atoms with Gasteiger partial charge in [0, 0.05) is 13.1 Å². The Hall–Kier alpha value is -2.04. The molecule has 2 aromatic carbocycles. The van der Waals surface area contributed by atoms with Crippen LogP contribution in [0.2, 0.25) is 10.0 Å². The molecule has 0 aromatic heterocycles. The molecular weight excluding hydrogens is 407 g/mol. The van der Waals surface area contributed by atoms with Gasteiger partial charge in [0.15, 0.2) is 0 Å². The number of carbonyl (C=O) groups excluding carboxylic acids is 2. The standard InChI is InChI=1S/C23H28Cl2N2O2/c1-4-5-11-26-23(29)17(3)27(15-19-9-10-20(24)21(25)13-19)22(28)14-18-8-6-7-16(2)12-18/h6-10,12-13,17H,4-5,11,14-15H2,1-3H3,(H,26,29)/t17-/m0/s1. The van der Waals surface area contributed by atoms with Crippen LogP contribution in [0.15, 0.2) is 42.5 Å². The number of rotatable bonds is 9. The van der Waals surface area contributed by atoms with Gasteiger partial charge in [0.2, 0.25) is 11.8 Å². The Labute approximate surface area is 183 Å². The third-order valence-corrected chi connectivity index (χ3v) is 5.51. The number of hydrogen-bond acceptors (Lipinski definition) is 2. The molecule has 2 rings (SSSR count). The molecule has 0 aliphatic heterocycles. The monoisotopic (exact) mass is 434 g/mol. The molecule has 0 saturated heterocycles. The summed E-state index contributed by atoms with van der Waals surface area (Å²) in [5.41, 5.74) is 2.84. The van der Waals surface area contributed by atoms with Crippen molar-refractivity contribution in [3.05, 3.63) is 69.2 Å². The molecule has 0 aliphatic rings. The van der Waals surface area contributed by atoms with E-state index in [2.05, 4.69) is 12.2 Å². The predicted octanol–water partition coefficient (Wildman–Crippen LogP) is 5.18. The van der Waals surface area contributed by atoms with Crippen LogP contribution in [0.4, 0.5) is 0 Å². The molecule has 29 heavy (non-hydrogen) atoms. The second-order valence-corrected chi connectivity index (χ2v) is 8.07. The Balaban J connectivity index is 2.21. The van der Waals surface area contributed by atoms with Crippen molar-refractivity contribution >= 4 is 35.0 Å². The largest absolute Gasteiger partial charge is 0.354 e. The van der Waals surface area contributed by atoms with Gasteiger partial charge in [-0.2, -0.15) is 0 Å². The number of hydrogen-bond donors (Lipinski definition) is 1. The predicted molar refractivity (Wildman–Crippen MR) is 119 cm³/mol. The molecule has 0 unspecified atom stereocenters. The highest BCUT2D eigenvalue weighted by atomic mass is 35.5. The van der Waals surface area contributed by atoms with E-state index in [0.29, 0.717) is 16.6 Å². The Kier molecular flexibility index (Phi) is 8.99. The van der Waals surface area contributed by atoms with E-state index >= 15 is 0 Å². The molecule has 0 fully saturated rings. The van der Waals surface area contributed by atoms with E-state index in [1.807, 2.05) is 37.3 Å². The number of amides is 2. The fourth-order valence-electron chi connectivity index (χ4n) is 3.05. The lowest BCUT2D eigenvalue weighted by Crippen LogP contribution is -2.48. The minimum Gasteiger partial charge on any atom is -0.354 e. The molecule has 0 radical (unpaired) electrons. The third-order valence-electron chi connectivity index (χ3n) is 4.77. The smallest absolute Gasteiger partial charge is 0.242 e. The van der Waals surface area contributed by atoms with Gasteiger partial charge in [-0.15, -0.1) is 0 Å². The molecular formula is C23H28Cl2N2O2. The summed E-state index contributed by atoms with van der Waals surface area (Å²) in [5, 5.41) is 3.80. The maximum Gasteiger partial charge on any atom is 0.242 e. The van der Waals surface area contributed by atoms with Crippen LogP contribution in [0.25, 0.3) is 0 Å². The highest BCUT2D eigenvalue weighted by Crippen LogP contribution is 2.24. The summed E-state index contributed by atoms with van der Waals surface area (Å²) < 4.78 is 0. The molecule has 1 N–H and O–H groups in total. The highest BCUT2D eigenvalue weighted by molar-refractivity contribution is 6.42. The number of unbranched alkanes of at least 4 members (excludes halogenated alkanes) is 1. The summed E-state index contributed by atoms with van der Waals surface area (Å²) in [6, 6.07) is 12.5. The molecule has 0 aliphatic carbocycles. The fraction of sp³-hybridized carbons (Fsp3) is 0.391. The van der Waals surface area contributed by atoms with Crippen LogP contribution < -0.4 is 5.32 Å². The average molecular weight is 435 g/mol. The number of carbonyl (C=O) groups is 2. The fourth-order valence-corrected chi connectivity index (χ4v) is 3.37. The summed E-state index contributed by atoms with van der Waals surface area (Å²) in [5.74, 6) is -0.268. The lowest BCUT2D eigenvalue weighted by molar-refractivity contribution is -0.140. The van der Waals surface area contributed by atoms with Gasteiger partial charge < -0.3 is 10.2 Å². The molecule has 2 amide bonds. The molecule has 6 heteroatoms. The number of benzene rings is 2. The van der Waals surface area contributed by atoms with Gasteiger partial charge in [-0.25, -0.2) is 0 Å². The van der Waals surface area contributed by atoms with Crippen molar-refractivity contribution < 1.29 is 9.59 Å². The lowest BCUT2D eigenvalue weighted by Gasteiger charge is -2.29. The Morgan fingerprint density at radius 3 is 2.48 bits per heavy atom. The van der Waals surface area contributed by atoms with E-state index in [4.69, 9.17) is 23.2 Å². The quantitative estimate of drug-likeness (QED) is 0.552. The second kappa shape index (κ2) is 11.2. The molecule has 2 aromatic rings. The van der Waals surface area contributed by atoms with E-state index in [-0.39, 0.29) is 24.8 Å². The van der Waals surface area contributed by atoms with E-state index < -0.39 is 6.04 Å². The van der Waals surface area contributed by atoms with E-state index in [9.17, 15) is 9.59 Å². The number of aryl methyl sites for hydroxylation is 1. The van der Waals surface area contributed by atoms with Crippen LogP contribution >= 0.6 is 23.2 Å². The van der Waals surface area contributed by atoms with Crippen LogP contribution in [-0.2, 0) is 22.6 Å². The van der Waals surface area contributed by atoms with Gasteiger partial charge in [-0.1, -0.05) is 72.4 Å². The van der Waals surface area contributed by atoms with Crippen molar-refractivity contribution in [1.29, 1.82) is 0 Å². The minimum absolute atomic E-state index is 0.111. The minimum atomic E-state index is -0.599. The summed E-state index contributed by atoms with van der Waals surface area (Å²) in [7, 11) is 0. The van der Waals surface area contributed by atoms with E-state index in [1.54, 1.807) is 24.0 Å². The van der Waals surface area contributed by atoms with Crippen molar-refractivity contribution in [2.45, 2.75) is 52.6 Å². The zero-order valence-electron chi connectivity index (χ0n) is 17.2. The molecule has 1 atom stereocenters. The van der Waals surface area contributed by atoms with Crippen molar-refractivity contribution in [3.8, 4) is 0 Å². The number of halogens is 2. The van der Waals surface area contributed by atoms with Gasteiger partial charge >= 0.3 is 0 Å². The first kappa shape index (κ1) is 23.2. The second-order valence-electron chi connectivity index (χ2n) is 7.26. The first-order chi connectivity index (χ1) is 13.8. The number of nitrogens with zero attached hydrogens (tertiary/aromatic N) is 1. The lowest BCUT2D eigenvalue weighted by atomic mass is 10.1. The summed E-state index contributed by atoms with van der Waals surface area (Å²) in [6.45, 7) is 6.70. The third kappa shape index (κ3) is 7.06. The van der Waals surface area contributed by atoms with E-state index in [0.717, 1.165) is 29.5 Å². The normalized spacial score (nSPS) is 11.8. The van der Waals surface area contributed by atoms with Gasteiger partial charge in [0.05, 0.1) is 16.5 Å². The van der Waals surface area contributed by atoms with Gasteiger partial charge in [-0.05, 0) is 43.5 Å². The summed E-state index contributed by atoms with van der Waals surface area (Å²) in [6.07, 6.45) is 2.13. The highest BCUT2D eigenvalue weighted by Gasteiger charge is 2.26. The Morgan fingerprint density at radius 1 is 1.07 bits per heavy atom. The van der Waals surface area contributed by atoms with Crippen LogP contribution in [0.1, 0.15) is 43.4 Å². The first-order valence-corrected chi connectivity index (χ1v) is 10.6. The molecule has 4 nitrogen and oxygen atoms in total. The molecule has 156 valence electrons. The zero-order valence-corrected chi connectivity index (χ0v) is 18.7. The molecule has 0 spiro atoms. The number of nitrogens with one attached hydrogen (secondary N) is 1. The molecule has 0 heterocycles. The Morgan fingerprint density at radius 2 is 1.83 bits per heavy atom. The Bertz CT molecular complexity index is 855. The summed E-state index contributed by atoms with van der Waals surface area (Å²) in [4.78, 5) is 27.4.